The van der Waals surface area contributed by atoms with E-state index in [9.17, 15) is 9.18 Å². The Hall–Kier alpha value is -2.17. The number of ether oxygens (including phenoxy) is 1. The molecular formula is C14H15FN2O2. The minimum Gasteiger partial charge on any atom is -0.453 e. The lowest BCUT2D eigenvalue weighted by Gasteiger charge is -2.09. The summed E-state index contributed by atoms with van der Waals surface area (Å²) in [6.07, 6.45) is 0. The second-order valence-electron chi connectivity index (χ2n) is 4.42. The molecule has 0 unspecified atom stereocenters. The molecule has 0 fully saturated rings. The van der Waals surface area contributed by atoms with E-state index in [1.807, 2.05) is 20.9 Å². The highest BCUT2D eigenvalue weighted by Crippen LogP contribution is 2.30. The molecule has 0 amide bonds. The van der Waals surface area contributed by atoms with Crippen LogP contribution in [0.1, 0.15) is 28.7 Å². The molecule has 19 heavy (non-hydrogen) atoms. The molecule has 0 atom stereocenters. The highest BCUT2D eigenvalue weighted by atomic mass is 19.1. The zero-order valence-electron chi connectivity index (χ0n) is 11.3. The van der Waals surface area contributed by atoms with E-state index in [0.717, 1.165) is 11.4 Å². The van der Waals surface area contributed by atoms with Gasteiger partial charge in [-0.25, -0.2) is 4.39 Å². The van der Waals surface area contributed by atoms with Gasteiger partial charge in [0.2, 0.25) is 0 Å². The molecule has 0 radical (unpaired) electrons. The van der Waals surface area contributed by atoms with Crippen LogP contribution in [0.15, 0.2) is 18.2 Å². The van der Waals surface area contributed by atoms with Gasteiger partial charge in [-0.15, -0.1) is 0 Å². The molecule has 1 aromatic heterocycles. The molecule has 0 aliphatic carbocycles. The number of Topliss-reactive ketones (excluding diaryl/α,β-unsaturated/α-hetero) is 1. The molecule has 2 rings (SSSR count). The SMILES string of the molecule is CC(=O)c1cc(F)ccc1Oc1c(C)nn(C)c1C. The number of hydrogen-bond donors (Lipinski definition) is 0. The van der Waals surface area contributed by atoms with Crippen molar-refractivity contribution in [2.75, 3.05) is 0 Å². The first-order valence-corrected chi connectivity index (χ1v) is 5.88. The predicted octanol–water partition coefficient (Wildman–Crippen LogP) is 3.17. The predicted molar refractivity (Wildman–Crippen MR) is 69.2 cm³/mol. The van der Waals surface area contributed by atoms with E-state index < -0.39 is 5.82 Å². The largest absolute Gasteiger partial charge is 0.453 e. The summed E-state index contributed by atoms with van der Waals surface area (Å²) in [5.41, 5.74) is 1.79. The van der Waals surface area contributed by atoms with Crippen LogP contribution < -0.4 is 4.74 Å². The van der Waals surface area contributed by atoms with Gasteiger partial charge in [-0.2, -0.15) is 5.10 Å². The van der Waals surface area contributed by atoms with Crippen LogP contribution in [0.4, 0.5) is 4.39 Å². The first-order valence-electron chi connectivity index (χ1n) is 5.88. The number of carbonyl (C=O) groups excluding carboxylic acids is 1. The Morgan fingerprint density at radius 3 is 2.58 bits per heavy atom. The van der Waals surface area contributed by atoms with Gasteiger partial charge in [0.25, 0.3) is 0 Å². The quantitative estimate of drug-likeness (QED) is 0.798. The van der Waals surface area contributed by atoms with Crippen LogP contribution in [0, 0.1) is 19.7 Å². The third-order valence-corrected chi connectivity index (χ3v) is 2.98. The van der Waals surface area contributed by atoms with Gasteiger partial charge in [0, 0.05) is 7.05 Å². The molecule has 0 saturated heterocycles. The number of halogens is 1. The van der Waals surface area contributed by atoms with Crippen LogP contribution >= 0.6 is 0 Å². The highest BCUT2D eigenvalue weighted by molar-refractivity contribution is 5.96. The van der Waals surface area contributed by atoms with Gasteiger partial charge in [0.15, 0.2) is 11.5 Å². The van der Waals surface area contributed by atoms with Crippen molar-refractivity contribution in [3.05, 3.63) is 41.0 Å². The molecule has 0 aliphatic heterocycles. The lowest BCUT2D eigenvalue weighted by Crippen LogP contribution is -1.99. The van der Waals surface area contributed by atoms with Crippen LogP contribution in [-0.2, 0) is 7.05 Å². The second-order valence-corrected chi connectivity index (χ2v) is 4.42. The number of aromatic nitrogens is 2. The first-order chi connectivity index (χ1) is 8.90. The Balaban J connectivity index is 2.46. The number of nitrogens with zero attached hydrogens (tertiary/aromatic N) is 2. The van der Waals surface area contributed by atoms with Gasteiger partial charge in [-0.3, -0.25) is 9.48 Å². The fourth-order valence-corrected chi connectivity index (χ4v) is 1.88. The van der Waals surface area contributed by atoms with E-state index in [1.54, 1.807) is 4.68 Å². The molecule has 1 aromatic carbocycles. The molecule has 0 saturated carbocycles. The summed E-state index contributed by atoms with van der Waals surface area (Å²) in [6.45, 7) is 5.07. The van der Waals surface area contributed by atoms with Crippen LogP contribution in [-0.4, -0.2) is 15.6 Å². The van der Waals surface area contributed by atoms with Gasteiger partial charge in [-0.05, 0) is 39.0 Å². The maximum Gasteiger partial charge on any atom is 0.171 e. The summed E-state index contributed by atoms with van der Waals surface area (Å²) in [5.74, 6) is 0.232. The van der Waals surface area contributed by atoms with E-state index in [-0.39, 0.29) is 11.3 Å². The number of aryl methyl sites for hydroxylation is 2. The minimum absolute atomic E-state index is 0.225. The van der Waals surface area contributed by atoms with Crippen LogP contribution in [0.3, 0.4) is 0 Å². The lowest BCUT2D eigenvalue weighted by atomic mass is 10.1. The molecule has 0 aliphatic rings. The Morgan fingerprint density at radius 2 is 2.05 bits per heavy atom. The number of benzene rings is 1. The molecule has 5 heteroatoms. The van der Waals surface area contributed by atoms with Crippen molar-refractivity contribution in [2.45, 2.75) is 20.8 Å². The zero-order valence-corrected chi connectivity index (χ0v) is 11.3. The normalized spacial score (nSPS) is 10.6. The maximum atomic E-state index is 13.2. The number of rotatable bonds is 3. The summed E-state index contributed by atoms with van der Waals surface area (Å²) < 4.78 is 20.6. The Bertz CT molecular complexity index is 647. The van der Waals surface area contributed by atoms with Gasteiger partial charge in [-0.1, -0.05) is 0 Å². The summed E-state index contributed by atoms with van der Waals surface area (Å²) in [5, 5.41) is 4.23. The van der Waals surface area contributed by atoms with E-state index in [4.69, 9.17) is 4.74 Å². The molecular weight excluding hydrogens is 247 g/mol. The van der Waals surface area contributed by atoms with Gasteiger partial charge >= 0.3 is 0 Å². The van der Waals surface area contributed by atoms with Crippen molar-refractivity contribution in [3.8, 4) is 11.5 Å². The average molecular weight is 262 g/mol. The van der Waals surface area contributed by atoms with Crippen LogP contribution in [0.2, 0.25) is 0 Å². The summed E-state index contributed by atoms with van der Waals surface area (Å²) >= 11 is 0. The molecule has 0 spiro atoms. The summed E-state index contributed by atoms with van der Waals surface area (Å²) in [6, 6.07) is 3.90. The van der Waals surface area contributed by atoms with Crippen LogP contribution in [0.25, 0.3) is 0 Å². The molecule has 4 nitrogen and oxygen atoms in total. The molecule has 0 N–H and O–H groups in total. The minimum atomic E-state index is -0.461. The van der Waals surface area contributed by atoms with Crippen molar-refractivity contribution in [1.29, 1.82) is 0 Å². The molecule has 0 bridgehead atoms. The third kappa shape index (κ3) is 2.50. The second kappa shape index (κ2) is 4.84. The van der Waals surface area contributed by atoms with Gasteiger partial charge in [0.05, 0.1) is 11.3 Å². The van der Waals surface area contributed by atoms with Crippen molar-refractivity contribution >= 4 is 5.78 Å². The van der Waals surface area contributed by atoms with Crippen molar-refractivity contribution in [1.82, 2.24) is 9.78 Å². The fraction of sp³-hybridized carbons (Fsp3) is 0.286. The average Bonchev–Trinajstić information content (AvgIpc) is 2.57. The highest BCUT2D eigenvalue weighted by Gasteiger charge is 2.16. The van der Waals surface area contributed by atoms with E-state index in [2.05, 4.69) is 5.10 Å². The smallest absolute Gasteiger partial charge is 0.171 e. The Morgan fingerprint density at radius 1 is 1.37 bits per heavy atom. The number of carbonyl (C=O) groups is 1. The number of ketones is 1. The van der Waals surface area contributed by atoms with E-state index in [1.165, 1.54) is 25.1 Å². The monoisotopic (exact) mass is 262 g/mol. The van der Waals surface area contributed by atoms with Crippen LogP contribution in [0.5, 0.6) is 11.5 Å². The van der Waals surface area contributed by atoms with Crippen molar-refractivity contribution in [2.24, 2.45) is 7.05 Å². The lowest BCUT2D eigenvalue weighted by molar-refractivity contribution is 0.101. The van der Waals surface area contributed by atoms with Crippen molar-refractivity contribution in [3.63, 3.8) is 0 Å². The van der Waals surface area contributed by atoms with Gasteiger partial charge in [0.1, 0.15) is 17.3 Å². The standard InChI is InChI=1S/C14H15FN2O2/c1-8-14(9(2)17(4)16-8)19-13-6-5-11(15)7-12(13)10(3)18/h5-7H,1-4H3. The first kappa shape index (κ1) is 13.3. The van der Waals surface area contributed by atoms with E-state index >= 15 is 0 Å². The Kier molecular flexibility index (Phi) is 3.38. The van der Waals surface area contributed by atoms with Crippen molar-refractivity contribution < 1.29 is 13.9 Å². The summed E-state index contributed by atoms with van der Waals surface area (Å²) in [4.78, 5) is 11.5. The molecule has 2 aromatic rings. The maximum absolute atomic E-state index is 13.2. The third-order valence-electron chi connectivity index (χ3n) is 2.98. The van der Waals surface area contributed by atoms with Gasteiger partial charge < -0.3 is 4.74 Å². The Labute approximate surface area is 110 Å². The topological polar surface area (TPSA) is 44.1 Å². The summed E-state index contributed by atoms with van der Waals surface area (Å²) in [7, 11) is 1.81. The van der Waals surface area contributed by atoms with E-state index in [0.29, 0.717) is 11.5 Å². The molecule has 100 valence electrons. The zero-order chi connectivity index (χ0) is 14.2. The molecule has 1 heterocycles. The fourth-order valence-electron chi connectivity index (χ4n) is 1.88. The number of hydrogen-bond acceptors (Lipinski definition) is 3.